The Morgan fingerprint density at radius 3 is 2.67 bits per heavy atom. The Morgan fingerprint density at radius 1 is 1.44 bits per heavy atom. The van der Waals surface area contributed by atoms with Crippen molar-refractivity contribution in [1.82, 2.24) is 5.32 Å². The number of nitrogens with one attached hydrogen (secondary N) is 1. The molecule has 0 spiro atoms. The summed E-state index contributed by atoms with van der Waals surface area (Å²) in [6, 6.07) is 0. The zero-order chi connectivity index (χ0) is 6.69. The van der Waals surface area contributed by atoms with Gasteiger partial charge in [0.1, 0.15) is 0 Å². The van der Waals surface area contributed by atoms with Crippen molar-refractivity contribution < 1.29 is 4.74 Å². The highest BCUT2D eigenvalue weighted by Crippen LogP contribution is 2.10. The van der Waals surface area contributed by atoms with Crippen LogP contribution in [0.2, 0.25) is 0 Å². The highest BCUT2D eigenvalue weighted by atomic mass is 16.5. The van der Waals surface area contributed by atoms with E-state index in [0.29, 0.717) is 6.10 Å². The SMILES string of the molecule is CO[C@@H]1CNC[C@@H](C)C1. The van der Waals surface area contributed by atoms with Crippen molar-refractivity contribution >= 4 is 0 Å². The van der Waals surface area contributed by atoms with Gasteiger partial charge in [0.25, 0.3) is 0 Å². The summed E-state index contributed by atoms with van der Waals surface area (Å²) in [6.07, 6.45) is 1.66. The monoisotopic (exact) mass is 129 g/mol. The van der Waals surface area contributed by atoms with Crippen molar-refractivity contribution in [2.24, 2.45) is 5.92 Å². The van der Waals surface area contributed by atoms with E-state index in [-0.39, 0.29) is 0 Å². The van der Waals surface area contributed by atoms with Gasteiger partial charge in [-0.3, -0.25) is 0 Å². The van der Waals surface area contributed by atoms with Gasteiger partial charge in [0.05, 0.1) is 6.10 Å². The van der Waals surface area contributed by atoms with Gasteiger partial charge in [0.15, 0.2) is 0 Å². The Balaban J connectivity index is 2.23. The molecule has 0 unspecified atom stereocenters. The molecule has 1 N–H and O–H groups in total. The van der Waals surface area contributed by atoms with Gasteiger partial charge in [0.2, 0.25) is 0 Å². The molecule has 1 aliphatic rings. The zero-order valence-electron chi connectivity index (χ0n) is 6.18. The van der Waals surface area contributed by atoms with Crippen LogP contribution >= 0.6 is 0 Å². The molecular weight excluding hydrogens is 114 g/mol. The first-order chi connectivity index (χ1) is 4.33. The van der Waals surface area contributed by atoms with E-state index in [1.54, 1.807) is 7.11 Å². The number of methoxy groups -OCH3 is 1. The third-order valence-corrected chi connectivity index (χ3v) is 1.86. The van der Waals surface area contributed by atoms with Crippen LogP contribution in [-0.4, -0.2) is 26.3 Å². The van der Waals surface area contributed by atoms with Crippen molar-refractivity contribution in [2.45, 2.75) is 19.4 Å². The van der Waals surface area contributed by atoms with E-state index in [1.807, 2.05) is 0 Å². The summed E-state index contributed by atoms with van der Waals surface area (Å²) in [5, 5.41) is 3.31. The van der Waals surface area contributed by atoms with Crippen molar-refractivity contribution in [3.8, 4) is 0 Å². The van der Waals surface area contributed by atoms with E-state index in [2.05, 4.69) is 12.2 Å². The molecule has 1 rings (SSSR count). The van der Waals surface area contributed by atoms with Crippen molar-refractivity contribution in [3.63, 3.8) is 0 Å². The highest BCUT2D eigenvalue weighted by molar-refractivity contribution is 4.73. The second-order valence-electron chi connectivity index (χ2n) is 2.86. The van der Waals surface area contributed by atoms with E-state index in [4.69, 9.17) is 4.74 Å². The number of hydrogen-bond acceptors (Lipinski definition) is 2. The topological polar surface area (TPSA) is 21.3 Å². The molecule has 1 fully saturated rings. The number of piperidine rings is 1. The minimum Gasteiger partial charge on any atom is -0.380 e. The van der Waals surface area contributed by atoms with Gasteiger partial charge in [-0.1, -0.05) is 6.92 Å². The van der Waals surface area contributed by atoms with E-state index in [1.165, 1.54) is 6.42 Å². The molecule has 1 heterocycles. The Morgan fingerprint density at radius 2 is 2.22 bits per heavy atom. The van der Waals surface area contributed by atoms with Crippen molar-refractivity contribution in [3.05, 3.63) is 0 Å². The van der Waals surface area contributed by atoms with Gasteiger partial charge in [-0.15, -0.1) is 0 Å². The lowest BCUT2D eigenvalue weighted by molar-refractivity contribution is 0.0650. The van der Waals surface area contributed by atoms with Crippen LogP contribution in [0.15, 0.2) is 0 Å². The maximum Gasteiger partial charge on any atom is 0.0698 e. The fourth-order valence-electron chi connectivity index (χ4n) is 1.29. The Labute approximate surface area is 56.6 Å². The first-order valence-corrected chi connectivity index (χ1v) is 3.56. The van der Waals surface area contributed by atoms with Crippen LogP contribution in [0.1, 0.15) is 13.3 Å². The average Bonchev–Trinajstić information content (AvgIpc) is 1.88. The molecule has 0 aromatic heterocycles. The molecule has 0 aromatic carbocycles. The van der Waals surface area contributed by atoms with Crippen LogP contribution in [0.3, 0.4) is 0 Å². The second-order valence-corrected chi connectivity index (χ2v) is 2.86. The lowest BCUT2D eigenvalue weighted by Crippen LogP contribution is -2.39. The van der Waals surface area contributed by atoms with Gasteiger partial charge < -0.3 is 10.1 Å². The third kappa shape index (κ3) is 1.95. The van der Waals surface area contributed by atoms with E-state index >= 15 is 0 Å². The number of hydrogen-bond donors (Lipinski definition) is 1. The zero-order valence-corrected chi connectivity index (χ0v) is 6.18. The maximum absolute atomic E-state index is 5.20. The minimum absolute atomic E-state index is 0.453. The lowest BCUT2D eigenvalue weighted by Gasteiger charge is -2.26. The lowest BCUT2D eigenvalue weighted by atomic mass is 10.00. The molecule has 54 valence electrons. The Hall–Kier alpha value is -0.0800. The molecule has 0 radical (unpaired) electrons. The molecule has 0 amide bonds. The van der Waals surface area contributed by atoms with Crippen LogP contribution in [0.4, 0.5) is 0 Å². The second kappa shape index (κ2) is 3.18. The van der Waals surface area contributed by atoms with E-state index < -0.39 is 0 Å². The van der Waals surface area contributed by atoms with Gasteiger partial charge in [0, 0.05) is 13.7 Å². The Kier molecular flexibility index (Phi) is 2.49. The smallest absolute Gasteiger partial charge is 0.0698 e. The van der Waals surface area contributed by atoms with Crippen molar-refractivity contribution in [1.29, 1.82) is 0 Å². The molecule has 2 nitrogen and oxygen atoms in total. The molecule has 0 aliphatic carbocycles. The van der Waals surface area contributed by atoms with Gasteiger partial charge >= 0.3 is 0 Å². The summed E-state index contributed by atoms with van der Waals surface area (Å²) in [5.41, 5.74) is 0. The fraction of sp³-hybridized carbons (Fsp3) is 1.00. The van der Waals surface area contributed by atoms with Crippen LogP contribution in [0.5, 0.6) is 0 Å². The summed E-state index contributed by atoms with van der Waals surface area (Å²) in [4.78, 5) is 0. The summed E-state index contributed by atoms with van der Waals surface area (Å²) in [6.45, 7) is 4.43. The summed E-state index contributed by atoms with van der Waals surface area (Å²) in [7, 11) is 1.78. The van der Waals surface area contributed by atoms with Gasteiger partial charge in [-0.25, -0.2) is 0 Å². The quantitative estimate of drug-likeness (QED) is 0.560. The van der Waals surface area contributed by atoms with Gasteiger partial charge in [-0.05, 0) is 18.9 Å². The van der Waals surface area contributed by atoms with Gasteiger partial charge in [-0.2, -0.15) is 0 Å². The molecule has 1 aliphatic heterocycles. The number of rotatable bonds is 1. The summed E-state index contributed by atoms with van der Waals surface area (Å²) in [5.74, 6) is 0.781. The summed E-state index contributed by atoms with van der Waals surface area (Å²) >= 11 is 0. The standard InChI is InChI=1S/C7H15NO/c1-6-3-7(9-2)5-8-4-6/h6-8H,3-5H2,1-2H3/t6-,7-/m0/s1. The number of ether oxygens (including phenoxy) is 1. The Bertz CT molecular complexity index is 85.0. The largest absolute Gasteiger partial charge is 0.380 e. The summed E-state index contributed by atoms with van der Waals surface area (Å²) < 4.78 is 5.20. The predicted molar refractivity (Wildman–Crippen MR) is 37.4 cm³/mol. The molecular formula is C7H15NO. The predicted octanol–water partition coefficient (Wildman–Crippen LogP) is 0.631. The molecule has 2 atom stereocenters. The highest BCUT2D eigenvalue weighted by Gasteiger charge is 2.16. The third-order valence-electron chi connectivity index (χ3n) is 1.86. The van der Waals surface area contributed by atoms with Crippen LogP contribution in [0.25, 0.3) is 0 Å². The van der Waals surface area contributed by atoms with Crippen LogP contribution < -0.4 is 5.32 Å². The average molecular weight is 129 g/mol. The molecule has 0 bridgehead atoms. The van der Waals surface area contributed by atoms with E-state index in [9.17, 15) is 0 Å². The molecule has 2 heteroatoms. The fourth-order valence-corrected chi connectivity index (χ4v) is 1.29. The van der Waals surface area contributed by atoms with E-state index in [0.717, 1.165) is 19.0 Å². The van der Waals surface area contributed by atoms with Crippen LogP contribution in [0, 0.1) is 5.92 Å². The first-order valence-electron chi connectivity index (χ1n) is 3.56. The molecule has 0 saturated carbocycles. The normalized spacial score (nSPS) is 36.7. The van der Waals surface area contributed by atoms with Crippen molar-refractivity contribution in [2.75, 3.05) is 20.2 Å². The first kappa shape index (κ1) is 7.03. The molecule has 0 aromatic rings. The van der Waals surface area contributed by atoms with Crippen LogP contribution in [-0.2, 0) is 4.74 Å². The minimum atomic E-state index is 0.453. The maximum atomic E-state index is 5.20. The molecule has 9 heavy (non-hydrogen) atoms. The molecule has 1 saturated heterocycles.